The number of nitrogens with zero attached hydrogens (tertiary/aromatic N) is 4. The van der Waals surface area contributed by atoms with Gasteiger partial charge in [-0.05, 0) is 83.0 Å². The number of rotatable bonds is 9. The first kappa shape index (κ1) is 28.6. The first-order chi connectivity index (χ1) is 19.0. The van der Waals surface area contributed by atoms with Crippen LogP contribution in [0.25, 0.3) is 11.0 Å². The van der Waals surface area contributed by atoms with Gasteiger partial charge in [-0.25, -0.2) is 4.68 Å². The minimum Gasteiger partial charge on any atom is -0.493 e. The predicted molar refractivity (Wildman–Crippen MR) is 156 cm³/mol. The van der Waals surface area contributed by atoms with Crippen molar-refractivity contribution in [1.29, 1.82) is 0 Å². The van der Waals surface area contributed by atoms with Crippen LogP contribution in [0.5, 0.6) is 11.5 Å². The molecule has 1 N–H and O–H groups in total. The lowest BCUT2D eigenvalue weighted by Crippen LogP contribution is -2.50. The van der Waals surface area contributed by atoms with E-state index in [4.69, 9.17) is 9.47 Å². The summed E-state index contributed by atoms with van der Waals surface area (Å²) in [7, 11) is 1.55. The van der Waals surface area contributed by atoms with Crippen molar-refractivity contribution in [3.8, 4) is 11.5 Å². The van der Waals surface area contributed by atoms with Crippen molar-refractivity contribution < 1.29 is 19.1 Å². The molecule has 3 aromatic carbocycles. The Kier molecular flexibility index (Phi) is 8.42. The Morgan fingerprint density at radius 1 is 1.02 bits per heavy atom. The van der Waals surface area contributed by atoms with E-state index in [1.54, 1.807) is 34.9 Å². The number of carbonyl (C=O) groups excluding carboxylic acids is 2. The van der Waals surface area contributed by atoms with E-state index in [-0.39, 0.29) is 18.4 Å². The van der Waals surface area contributed by atoms with Crippen LogP contribution in [0.4, 0.5) is 5.69 Å². The summed E-state index contributed by atoms with van der Waals surface area (Å²) in [5, 5.41) is 11.5. The van der Waals surface area contributed by atoms with Crippen LogP contribution in [-0.2, 0) is 16.1 Å². The van der Waals surface area contributed by atoms with E-state index in [0.717, 1.165) is 16.6 Å². The molecule has 0 aliphatic carbocycles. The fraction of sp³-hybridized carbons (Fsp3) is 0.355. The summed E-state index contributed by atoms with van der Waals surface area (Å²) in [6.07, 6.45) is 0. The molecule has 1 aromatic heterocycles. The number of aryl methyl sites for hydroxylation is 2. The van der Waals surface area contributed by atoms with Crippen LogP contribution in [0.3, 0.4) is 0 Å². The third kappa shape index (κ3) is 6.25. The lowest BCUT2D eigenvalue weighted by Gasteiger charge is -2.35. The van der Waals surface area contributed by atoms with Gasteiger partial charge in [-0.1, -0.05) is 41.1 Å². The van der Waals surface area contributed by atoms with Crippen molar-refractivity contribution in [1.82, 2.24) is 20.3 Å². The topological polar surface area (TPSA) is 98.6 Å². The van der Waals surface area contributed by atoms with Gasteiger partial charge in [0, 0.05) is 11.2 Å². The first-order valence-electron chi connectivity index (χ1n) is 13.3. The summed E-state index contributed by atoms with van der Waals surface area (Å²) in [5.41, 5.74) is 4.00. The van der Waals surface area contributed by atoms with E-state index in [1.807, 2.05) is 84.0 Å². The Bertz CT molecular complexity index is 1520. The summed E-state index contributed by atoms with van der Waals surface area (Å²) >= 11 is 0. The molecule has 210 valence electrons. The first-order valence-corrected chi connectivity index (χ1v) is 13.3. The molecule has 0 aliphatic rings. The van der Waals surface area contributed by atoms with Crippen LogP contribution in [-0.4, -0.2) is 46.1 Å². The van der Waals surface area contributed by atoms with Crippen LogP contribution in [0, 0.1) is 13.8 Å². The van der Waals surface area contributed by atoms with Crippen molar-refractivity contribution >= 4 is 28.5 Å². The molecule has 4 aromatic rings. The zero-order valence-corrected chi connectivity index (χ0v) is 24.2. The molecule has 0 fully saturated rings. The second kappa shape index (κ2) is 11.8. The molecule has 9 heteroatoms. The molecule has 1 unspecified atom stereocenters. The fourth-order valence-corrected chi connectivity index (χ4v) is 4.72. The normalized spacial score (nSPS) is 12.2. The number of anilines is 1. The Morgan fingerprint density at radius 2 is 1.77 bits per heavy atom. The van der Waals surface area contributed by atoms with Gasteiger partial charge in [-0.15, -0.1) is 5.10 Å². The van der Waals surface area contributed by atoms with Crippen molar-refractivity contribution in [3.63, 3.8) is 0 Å². The minimum atomic E-state index is -1.01. The van der Waals surface area contributed by atoms with Gasteiger partial charge in [0.1, 0.15) is 18.1 Å². The number of para-hydroxylation sites is 1. The Labute approximate surface area is 235 Å². The highest BCUT2D eigenvalue weighted by Gasteiger charge is 2.36. The quantitative estimate of drug-likeness (QED) is 0.314. The zero-order valence-electron chi connectivity index (χ0n) is 24.2. The summed E-state index contributed by atoms with van der Waals surface area (Å²) in [6, 6.07) is 17.6. The van der Waals surface area contributed by atoms with Gasteiger partial charge in [0.15, 0.2) is 11.5 Å². The van der Waals surface area contributed by atoms with Crippen LogP contribution in [0.15, 0.2) is 60.7 Å². The molecule has 0 radical (unpaired) electrons. The molecule has 1 heterocycles. The number of hydrogen-bond donors (Lipinski definition) is 1. The van der Waals surface area contributed by atoms with E-state index in [0.29, 0.717) is 34.9 Å². The zero-order chi connectivity index (χ0) is 29.0. The number of methoxy groups -OCH3 is 1. The number of carbonyl (C=O) groups is 2. The highest BCUT2D eigenvalue weighted by atomic mass is 16.5. The van der Waals surface area contributed by atoms with E-state index < -0.39 is 11.6 Å². The molecule has 9 nitrogen and oxygen atoms in total. The molecule has 2 amide bonds. The Balaban J connectivity index is 1.89. The Hall–Kier alpha value is -4.40. The van der Waals surface area contributed by atoms with Gasteiger partial charge >= 0.3 is 0 Å². The molecule has 1 atom stereocenters. The molecule has 0 saturated heterocycles. The molecule has 0 spiro atoms. The molecule has 40 heavy (non-hydrogen) atoms. The third-order valence-corrected chi connectivity index (χ3v) is 6.39. The van der Waals surface area contributed by atoms with Gasteiger partial charge in [-0.3, -0.25) is 14.5 Å². The average Bonchev–Trinajstić information content (AvgIpc) is 3.30. The Morgan fingerprint density at radius 3 is 2.45 bits per heavy atom. The number of ether oxygens (including phenoxy) is 2. The van der Waals surface area contributed by atoms with Crippen molar-refractivity contribution in [2.75, 3.05) is 18.6 Å². The number of hydrogen-bond acceptors (Lipinski definition) is 6. The van der Waals surface area contributed by atoms with Crippen molar-refractivity contribution in [2.24, 2.45) is 0 Å². The van der Waals surface area contributed by atoms with Crippen molar-refractivity contribution in [3.05, 3.63) is 77.4 Å². The third-order valence-electron chi connectivity index (χ3n) is 6.39. The summed E-state index contributed by atoms with van der Waals surface area (Å²) in [6.45, 7) is 11.9. The molecule has 0 saturated carbocycles. The SMILES string of the molecule is CCOc1ccc(C(C(=O)NC(C)(C)C)N(C(=O)Cn2nnc3ccccc32)c2ccc(C)cc2C)cc1OC. The number of benzene rings is 3. The van der Waals surface area contributed by atoms with E-state index in [1.165, 1.54) is 0 Å². The largest absolute Gasteiger partial charge is 0.493 e. The maximum atomic E-state index is 14.3. The maximum absolute atomic E-state index is 14.3. The van der Waals surface area contributed by atoms with Crippen LogP contribution < -0.4 is 19.7 Å². The van der Waals surface area contributed by atoms with Gasteiger partial charge in [-0.2, -0.15) is 0 Å². The summed E-state index contributed by atoms with van der Waals surface area (Å²) in [4.78, 5) is 29.9. The molecule has 0 aliphatic heterocycles. The van der Waals surface area contributed by atoms with E-state index in [9.17, 15) is 9.59 Å². The smallest absolute Gasteiger partial charge is 0.249 e. The minimum absolute atomic E-state index is 0.110. The fourth-order valence-electron chi connectivity index (χ4n) is 4.72. The van der Waals surface area contributed by atoms with Crippen LogP contribution >= 0.6 is 0 Å². The van der Waals surface area contributed by atoms with Crippen LogP contribution in [0.1, 0.15) is 50.4 Å². The van der Waals surface area contributed by atoms with Crippen molar-refractivity contribution in [2.45, 2.75) is 59.7 Å². The van der Waals surface area contributed by atoms with Gasteiger partial charge < -0.3 is 14.8 Å². The average molecular weight is 544 g/mol. The monoisotopic (exact) mass is 543 g/mol. The molecule has 0 bridgehead atoms. The number of aromatic nitrogens is 3. The van der Waals surface area contributed by atoms with Gasteiger partial charge in [0.2, 0.25) is 11.8 Å². The number of amides is 2. The second-order valence-electron chi connectivity index (χ2n) is 10.8. The summed E-state index contributed by atoms with van der Waals surface area (Å²) in [5.74, 6) is 0.394. The maximum Gasteiger partial charge on any atom is 0.249 e. The second-order valence-corrected chi connectivity index (χ2v) is 10.8. The summed E-state index contributed by atoms with van der Waals surface area (Å²) < 4.78 is 12.9. The van der Waals surface area contributed by atoms with Gasteiger partial charge in [0.25, 0.3) is 0 Å². The highest BCUT2D eigenvalue weighted by molar-refractivity contribution is 6.02. The highest BCUT2D eigenvalue weighted by Crippen LogP contribution is 2.36. The predicted octanol–water partition coefficient (Wildman–Crippen LogP) is 5.14. The number of nitrogens with one attached hydrogen (secondary N) is 1. The lowest BCUT2D eigenvalue weighted by molar-refractivity contribution is -0.128. The van der Waals surface area contributed by atoms with Gasteiger partial charge in [0.05, 0.1) is 19.2 Å². The van der Waals surface area contributed by atoms with Crippen LogP contribution in [0.2, 0.25) is 0 Å². The molecule has 4 rings (SSSR count). The van der Waals surface area contributed by atoms with E-state index >= 15 is 0 Å². The standard InChI is InChI=1S/C31H37N5O4/c1-8-40-26-16-14-22(18-27(26)39-7)29(30(38)32-31(4,5)6)36(24-15-13-20(2)17-21(24)3)28(37)19-35-25-12-10-9-11-23(25)33-34-35/h9-18,29H,8,19H2,1-7H3,(H,32,38). The molecular weight excluding hydrogens is 506 g/mol. The number of fused-ring (bicyclic) bond motifs is 1. The lowest BCUT2D eigenvalue weighted by atomic mass is 9.99. The molecular formula is C31H37N5O4. The van der Waals surface area contributed by atoms with E-state index in [2.05, 4.69) is 15.6 Å².